The molecule has 120 valence electrons. The Hall–Kier alpha value is -2.42. The summed E-state index contributed by atoms with van der Waals surface area (Å²) in [6, 6.07) is 12.6. The van der Waals surface area contributed by atoms with Gasteiger partial charge in [-0.3, -0.25) is 9.59 Å². The Morgan fingerprint density at radius 3 is 2.26 bits per heavy atom. The number of benzene rings is 2. The molecule has 0 radical (unpaired) electrons. The number of ether oxygens (including phenoxy) is 1. The van der Waals surface area contributed by atoms with Gasteiger partial charge in [0.05, 0.1) is 13.5 Å². The van der Waals surface area contributed by atoms with Crippen LogP contribution in [0.1, 0.15) is 58.0 Å². The maximum absolute atomic E-state index is 12.6. The van der Waals surface area contributed by atoms with E-state index in [2.05, 4.69) is 13.8 Å². The van der Waals surface area contributed by atoms with Crippen molar-refractivity contribution in [1.82, 2.24) is 0 Å². The Bertz CT molecular complexity index is 715. The minimum atomic E-state index is -0.156. The molecule has 0 bridgehead atoms. The van der Waals surface area contributed by atoms with Crippen LogP contribution in [0.2, 0.25) is 0 Å². The molecular weight excluding hydrogens is 288 g/mol. The van der Waals surface area contributed by atoms with E-state index in [0.717, 1.165) is 16.9 Å². The molecule has 23 heavy (non-hydrogen) atoms. The first-order valence-corrected chi connectivity index (χ1v) is 7.74. The molecule has 0 fully saturated rings. The van der Waals surface area contributed by atoms with Crippen LogP contribution in [0.15, 0.2) is 42.5 Å². The van der Waals surface area contributed by atoms with Crippen molar-refractivity contribution in [2.45, 2.75) is 33.1 Å². The number of hydrogen-bond acceptors (Lipinski definition) is 3. The maximum Gasteiger partial charge on any atom is 0.170 e. The third-order valence-electron chi connectivity index (χ3n) is 3.92. The quantitative estimate of drug-likeness (QED) is 0.579. The second kappa shape index (κ2) is 7.23. The maximum atomic E-state index is 12.6. The summed E-state index contributed by atoms with van der Waals surface area (Å²) >= 11 is 0. The van der Waals surface area contributed by atoms with E-state index in [-0.39, 0.29) is 23.9 Å². The second-order valence-electron chi connectivity index (χ2n) is 5.95. The summed E-state index contributed by atoms with van der Waals surface area (Å²) in [6.07, 6.45) is -0.116. The molecule has 3 nitrogen and oxygen atoms in total. The SMILES string of the molecule is COc1cc(C)c(C(=O)CC(=O)c2ccccc2)cc1C(C)C. The van der Waals surface area contributed by atoms with Crippen LogP contribution in [-0.4, -0.2) is 18.7 Å². The van der Waals surface area contributed by atoms with Crippen molar-refractivity contribution >= 4 is 11.6 Å². The topological polar surface area (TPSA) is 43.4 Å². The van der Waals surface area contributed by atoms with Gasteiger partial charge in [0.2, 0.25) is 0 Å². The molecule has 0 amide bonds. The Kier molecular flexibility index (Phi) is 5.32. The fourth-order valence-electron chi connectivity index (χ4n) is 2.59. The van der Waals surface area contributed by atoms with Crippen molar-refractivity contribution in [3.8, 4) is 5.75 Å². The highest BCUT2D eigenvalue weighted by molar-refractivity contribution is 6.14. The lowest BCUT2D eigenvalue weighted by Crippen LogP contribution is -2.11. The third-order valence-corrected chi connectivity index (χ3v) is 3.92. The van der Waals surface area contributed by atoms with Gasteiger partial charge in [-0.15, -0.1) is 0 Å². The van der Waals surface area contributed by atoms with E-state index < -0.39 is 0 Å². The highest BCUT2D eigenvalue weighted by Gasteiger charge is 2.18. The first-order valence-electron chi connectivity index (χ1n) is 7.74. The van der Waals surface area contributed by atoms with Crippen LogP contribution in [-0.2, 0) is 0 Å². The molecule has 2 aromatic rings. The summed E-state index contributed by atoms with van der Waals surface area (Å²) in [7, 11) is 1.63. The van der Waals surface area contributed by atoms with Crippen molar-refractivity contribution in [2.75, 3.05) is 7.11 Å². The lowest BCUT2D eigenvalue weighted by molar-refractivity contribution is 0.0894. The number of Topliss-reactive ketones (excluding diaryl/α,β-unsaturated/α-hetero) is 2. The molecule has 0 unspecified atom stereocenters. The van der Waals surface area contributed by atoms with E-state index in [4.69, 9.17) is 4.74 Å². The number of carbonyl (C=O) groups is 2. The molecule has 0 saturated heterocycles. The van der Waals surface area contributed by atoms with Crippen LogP contribution in [0.5, 0.6) is 5.75 Å². The van der Waals surface area contributed by atoms with E-state index in [1.54, 1.807) is 31.4 Å². The van der Waals surface area contributed by atoms with Gasteiger partial charge < -0.3 is 4.74 Å². The zero-order chi connectivity index (χ0) is 17.0. The van der Waals surface area contributed by atoms with Crippen LogP contribution in [0.4, 0.5) is 0 Å². The number of aryl methyl sites for hydroxylation is 1. The van der Waals surface area contributed by atoms with Crippen LogP contribution in [0.25, 0.3) is 0 Å². The van der Waals surface area contributed by atoms with Crippen LogP contribution >= 0.6 is 0 Å². The smallest absolute Gasteiger partial charge is 0.170 e. The van der Waals surface area contributed by atoms with Gasteiger partial charge in [0.25, 0.3) is 0 Å². The molecule has 0 aromatic heterocycles. The number of rotatable bonds is 6. The minimum Gasteiger partial charge on any atom is -0.496 e. The summed E-state index contributed by atoms with van der Waals surface area (Å²) in [5.74, 6) is 0.711. The summed E-state index contributed by atoms with van der Waals surface area (Å²) < 4.78 is 5.39. The molecular formula is C20H22O3. The number of hydrogen-bond donors (Lipinski definition) is 0. The molecule has 0 aliphatic carbocycles. The van der Waals surface area contributed by atoms with Crippen molar-refractivity contribution in [3.63, 3.8) is 0 Å². The predicted molar refractivity (Wildman–Crippen MR) is 91.5 cm³/mol. The molecule has 0 aliphatic rings. The van der Waals surface area contributed by atoms with Gasteiger partial charge in [-0.2, -0.15) is 0 Å². The van der Waals surface area contributed by atoms with Crippen LogP contribution < -0.4 is 4.74 Å². The number of carbonyl (C=O) groups excluding carboxylic acids is 2. The van der Waals surface area contributed by atoms with Gasteiger partial charge in [-0.25, -0.2) is 0 Å². The molecule has 2 aromatic carbocycles. The van der Waals surface area contributed by atoms with Gasteiger partial charge >= 0.3 is 0 Å². The van der Waals surface area contributed by atoms with E-state index in [9.17, 15) is 9.59 Å². The van der Waals surface area contributed by atoms with Gasteiger partial charge in [-0.1, -0.05) is 44.2 Å². The van der Waals surface area contributed by atoms with E-state index in [0.29, 0.717) is 11.1 Å². The Balaban J connectivity index is 2.29. The summed E-state index contributed by atoms with van der Waals surface area (Å²) in [4.78, 5) is 24.8. The van der Waals surface area contributed by atoms with Crippen LogP contribution in [0, 0.1) is 6.92 Å². The van der Waals surface area contributed by atoms with E-state index in [1.165, 1.54) is 0 Å². The van der Waals surface area contributed by atoms with Gasteiger partial charge in [0.1, 0.15) is 5.75 Å². The molecule has 0 saturated carbocycles. The zero-order valence-corrected chi connectivity index (χ0v) is 14.1. The largest absolute Gasteiger partial charge is 0.496 e. The highest BCUT2D eigenvalue weighted by atomic mass is 16.5. The Morgan fingerprint density at radius 2 is 1.70 bits per heavy atom. The summed E-state index contributed by atoms with van der Waals surface area (Å²) in [6.45, 7) is 5.97. The lowest BCUT2D eigenvalue weighted by atomic mass is 9.92. The van der Waals surface area contributed by atoms with Crippen LogP contribution in [0.3, 0.4) is 0 Å². The Morgan fingerprint density at radius 1 is 1.04 bits per heavy atom. The second-order valence-corrected chi connectivity index (χ2v) is 5.95. The number of ketones is 2. The van der Waals surface area contributed by atoms with E-state index in [1.807, 2.05) is 25.1 Å². The predicted octanol–water partition coefficient (Wildman–Crippen LogP) is 4.58. The number of methoxy groups -OCH3 is 1. The first-order chi connectivity index (χ1) is 10.9. The van der Waals surface area contributed by atoms with Crippen molar-refractivity contribution < 1.29 is 14.3 Å². The summed E-state index contributed by atoms with van der Waals surface area (Å²) in [5, 5.41) is 0. The molecule has 0 spiro atoms. The fraction of sp³-hybridized carbons (Fsp3) is 0.300. The van der Waals surface area contributed by atoms with Crippen molar-refractivity contribution in [2.24, 2.45) is 0 Å². The fourth-order valence-corrected chi connectivity index (χ4v) is 2.59. The molecule has 3 heteroatoms. The van der Waals surface area contributed by atoms with Gasteiger partial charge in [0.15, 0.2) is 11.6 Å². The van der Waals surface area contributed by atoms with Crippen molar-refractivity contribution in [1.29, 1.82) is 0 Å². The molecule has 0 aliphatic heterocycles. The van der Waals surface area contributed by atoms with E-state index >= 15 is 0 Å². The zero-order valence-electron chi connectivity index (χ0n) is 14.1. The summed E-state index contributed by atoms with van der Waals surface area (Å²) in [5.41, 5.74) is 2.97. The Labute approximate surface area is 137 Å². The molecule has 0 N–H and O–H groups in total. The van der Waals surface area contributed by atoms with Gasteiger partial charge in [-0.05, 0) is 36.1 Å². The van der Waals surface area contributed by atoms with Crippen molar-refractivity contribution in [3.05, 3.63) is 64.7 Å². The normalized spacial score (nSPS) is 10.7. The average Bonchev–Trinajstić information content (AvgIpc) is 2.54. The highest BCUT2D eigenvalue weighted by Crippen LogP contribution is 2.30. The average molecular weight is 310 g/mol. The lowest BCUT2D eigenvalue weighted by Gasteiger charge is -2.15. The first kappa shape index (κ1) is 16.9. The molecule has 0 atom stereocenters. The standard InChI is InChI=1S/C20H22O3/c1-13(2)16-11-17(14(3)10-20(16)23-4)19(22)12-18(21)15-8-6-5-7-9-15/h5-11,13H,12H2,1-4H3. The third kappa shape index (κ3) is 3.86. The minimum absolute atomic E-state index is 0.116. The molecule has 0 heterocycles. The van der Waals surface area contributed by atoms with Gasteiger partial charge in [0, 0.05) is 11.1 Å². The monoisotopic (exact) mass is 310 g/mol. The molecule has 2 rings (SSSR count).